The van der Waals surface area contributed by atoms with Crippen LogP contribution in [0.2, 0.25) is 0 Å². The normalized spacial score (nSPS) is 11.2. The lowest BCUT2D eigenvalue weighted by Gasteiger charge is -2.17. The van der Waals surface area contributed by atoms with E-state index in [-0.39, 0.29) is 0 Å². The predicted octanol–water partition coefficient (Wildman–Crippen LogP) is 11.6. The second-order valence-electron chi connectivity index (χ2n) is 12.3. The van der Waals surface area contributed by atoms with Crippen molar-refractivity contribution in [1.29, 1.82) is 0 Å². The molecule has 50 heavy (non-hydrogen) atoms. The van der Waals surface area contributed by atoms with Crippen LogP contribution in [0.1, 0.15) is 0 Å². The van der Waals surface area contributed by atoms with E-state index < -0.39 is 0 Å². The van der Waals surface area contributed by atoms with Gasteiger partial charge in [-0.15, -0.1) is 0 Å². The van der Waals surface area contributed by atoms with Crippen molar-refractivity contribution in [3.8, 4) is 67.5 Å². The lowest BCUT2D eigenvalue weighted by atomic mass is 9.87. The van der Waals surface area contributed by atoms with Crippen LogP contribution in [0, 0.1) is 0 Å². The van der Waals surface area contributed by atoms with Crippen LogP contribution in [0.5, 0.6) is 0 Å². The van der Waals surface area contributed by atoms with Crippen molar-refractivity contribution in [1.82, 2.24) is 19.9 Å². The fraction of sp³-hybridized carbons (Fsp3) is 0. The number of hydrogen-bond donors (Lipinski definition) is 0. The van der Waals surface area contributed by atoms with Gasteiger partial charge in [-0.3, -0.25) is 4.98 Å². The van der Waals surface area contributed by atoms with Gasteiger partial charge in [0.2, 0.25) is 0 Å². The summed E-state index contributed by atoms with van der Waals surface area (Å²) >= 11 is 0. The minimum absolute atomic E-state index is 0.627. The SMILES string of the molecule is c1ccc(-c2nc(-c3ccccc3)nc(-c3ccc(-c4ccc(-c5cccnc5)cc4)c(-c4cc5ccccc5c5ccccc45)c3)n2)cc1. The van der Waals surface area contributed by atoms with E-state index in [1.165, 1.54) is 21.5 Å². The summed E-state index contributed by atoms with van der Waals surface area (Å²) in [4.78, 5) is 19.4. The molecule has 0 aliphatic rings. The van der Waals surface area contributed by atoms with Gasteiger partial charge in [0, 0.05) is 29.1 Å². The van der Waals surface area contributed by atoms with Gasteiger partial charge in [0.25, 0.3) is 0 Å². The van der Waals surface area contributed by atoms with E-state index >= 15 is 0 Å². The maximum atomic E-state index is 5.07. The molecule has 4 heteroatoms. The molecule has 0 saturated carbocycles. The molecule has 0 fully saturated rings. The Labute approximate surface area is 290 Å². The Morgan fingerprint density at radius 1 is 0.300 bits per heavy atom. The monoisotopic (exact) mass is 638 g/mol. The Bertz CT molecular complexity index is 2560. The summed E-state index contributed by atoms with van der Waals surface area (Å²) in [5.74, 6) is 1.91. The largest absolute Gasteiger partial charge is 0.264 e. The number of rotatable bonds is 6. The van der Waals surface area contributed by atoms with E-state index in [9.17, 15) is 0 Å². The Morgan fingerprint density at radius 3 is 1.50 bits per heavy atom. The smallest absolute Gasteiger partial charge is 0.164 e. The predicted molar refractivity (Wildman–Crippen MR) is 205 cm³/mol. The van der Waals surface area contributed by atoms with E-state index in [1.807, 2.05) is 72.9 Å². The molecule has 0 spiro atoms. The van der Waals surface area contributed by atoms with Gasteiger partial charge in [-0.25, -0.2) is 15.0 Å². The summed E-state index contributed by atoms with van der Waals surface area (Å²) < 4.78 is 0. The molecule has 9 aromatic rings. The molecule has 4 nitrogen and oxygen atoms in total. The lowest BCUT2D eigenvalue weighted by Crippen LogP contribution is -2.00. The van der Waals surface area contributed by atoms with Crippen molar-refractivity contribution in [3.63, 3.8) is 0 Å². The number of nitrogens with zero attached hydrogens (tertiary/aromatic N) is 4. The minimum Gasteiger partial charge on any atom is -0.264 e. The van der Waals surface area contributed by atoms with Gasteiger partial charge in [0.05, 0.1) is 0 Å². The standard InChI is InChI=1S/C46H30N4/c1-3-12-33(13-4-1)44-48-45(34-14-5-2-6-15-34)50-46(49-44)36-25-26-39(32-23-21-31(22-24-32)37-17-11-27-47-30-37)42(29-36)43-28-35-16-7-8-18-38(35)40-19-9-10-20-41(40)43/h1-30H. The van der Waals surface area contributed by atoms with Gasteiger partial charge < -0.3 is 0 Å². The highest BCUT2D eigenvalue weighted by Crippen LogP contribution is 2.42. The van der Waals surface area contributed by atoms with Crippen molar-refractivity contribution in [2.45, 2.75) is 0 Å². The van der Waals surface area contributed by atoms with Crippen LogP contribution in [0.15, 0.2) is 182 Å². The average molecular weight is 639 g/mol. The first kappa shape index (κ1) is 29.4. The third kappa shape index (κ3) is 5.49. The zero-order valence-electron chi connectivity index (χ0n) is 27.1. The van der Waals surface area contributed by atoms with Crippen LogP contribution >= 0.6 is 0 Å². The summed E-state index contributed by atoms with van der Waals surface area (Å²) in [5.41, 5.74) is 9.56. The first-order chi connectivity index (χ1) is 24.8. The first-order valence-electron chi connectivity index (χ1n) is 16.7. The van der Waals surface area contributed by atoms with Crippen LogP contribution in [0.25, 0.3) is 89.1 Å². The van der Waals surface area contributed by atoms with Gasteiger partial charge >= 0.3 is 0 Å². The lowest BCUT2D eigenvalue weighted by molar-refractivity contribution is 1.07. The summed E-state index contributed by atoms with van der Waals surface area (Å²) in [5, 5.41) is 4.86. The van der Waals surface area contributed by atoms with Crippen molar-refractivity contribution >= 4 is 21.5 Å². The molecular weight excluding hydrogens is 609 g/mol. The molecular formula is C46H30N4. The quantitative estimate of drug-likeness (QED) is 0.170. The molecule has 0 unspecified atom stereocenters. The Kier molecular flexibility index (Phi) is 7.45. The molecule has 234 valence electrons. The molecule has 0 aliphatic carbocycles. The Morgan fingerprint density at radius 2 is 0.840 bits per heavy atom. The van der Waals surface area contributed by atoms with E-state index in [4.69, 9.17) is 15.0 Å². The third-order valence-electron chi connectivity index (χ3n) is 9.23. The van der Waals surface area contributed by atoms with Gasteiger partial charge in [0.15, 0.2) is 17.5 Å². The first-order valence-corrected chi connectivity index (χ1v) is 16.7. The maximum Gasteiger partial charge on any atom is 0.164 e. The molecule has 0 N–H and O–H groups in total. The van der Waals surface area contributed by atoms with Gasteiger partial charge in [0.1, 0.15) is 0 Å². The molecule has 0 bridgehead atoms. The second-order valence-corrected chi connectivity index (χ2v) is 12.3. The van der Waals surface area contributed by atoms with Crippen molar-refractivity contribution < 1.29 is 0 Å². The van der Waals surface area contributed by atoms with Crippen molar-refractivity contribution in [2.24, 2.45) is 0 Å². The van der Waals surface area contributed by atoms with E-state index in [0.717, 1.165) is 50.1 Å². The molecule has 0 saturated heterocycles. The average Bonchev–Trinajstić information content (AvgIpc) is 3.21. The van der Waals surface area contributed by atoms with Crippen LogP contribution < -0.4 is 0 Å². The highest BCUT2D eigenvalue weighted by molar-refractivity contribution is 6.15. The fourth-order valence-corrected chi connectivity index (χ4v) is 6.75. The molecule has 9 rings (SSSR count). The Hall–Kier alpha value is -6.78. The molecule has 0 amide bonds. The second kappa shape index (κ2) is 12.7. The van der Waals surface area contributed by atoms with E-state index in [2.05, 4.69) is 108 Å². The number of benzene rings is 7. The highest BCUT2D eigenvalue weighted by atomic mass is 15.0. The summed E-state index contributed by atoms with van der Waals surface area (Å²) in [7, 11) is 0. The van der Waals surface area contributed by atoms with Crippen LogP contribution in [-0.4, -0.2) is 19.9 Å². The zero-order valence-corrected chi connectivity index (χ0v) is 27.1. The summed E-state index contributed by atoms with van der Waals surface area (Å²) in [6, 6.07) is 59.3. The minimum atomic E-state index is 0.627. The van der Waals surface area contributed by atoms with Gasteiger partial charge in [-0.05, 0) is 73.1 Å². The number of fused-ring (bicyclic) bond motifs is 3. The number of aromatic nitrogens is 4. The van der Waals surface area contributed by atoms with Crippen LogP contribution in [0.3, 0.4) is 0 Å². The number of pyridine rings is 1. The van der Waals surface area contributed by atoms with Crippen LogP contribution in [0.4, 0.5) is 0 Å². The van der Waals surface area contributed by atoms with Crippen molar-refractivity contribution in [3.05, 3.63) is 182 Å². The topological polar surface area (TPSA) is 51.6 Å². The van der Waals surface area contributed by atoms with Gasteiger partial charge in [-0.1, -0.05) is 152 Å². The molecule has 0 atom stereocenters. The van der Waals surface area contributed by atoms with Gasteiger partial charge in [-0.2, -0.15) is 0 Å². The van der Waals surface area contributed by atoms with Crippen molar-refractivity contribution in [2.75, 3.05) is 0 Å². The molecule has 0 aliphatic heterocycles. The molecule has 7 aromatic carbocycles. The highest BCUT2D eigenvalue weighted by Gasteiger charge is 2.18. The summed E-state index contributed by atoms with van der Waals surface area (Å²) in [6.45, 7) is 0. The zero-order chi connectivity index (χ0) is 33.3. The molecule has 2 aromatic heterocycles. The Balaban J connectivity index is 1.28. The van der Waals surface area contributed by atoms with E-state index in [0.29, 0.717) is 17.5 Å². The molecule has 0 radical (unpaired) electrons. The fourth-order valence-electron chi connectivity index (χ4n) is 6.75. The van der Waals surface area contributed by atoms with E-state index in [1.54, 1.807) is 6.20 Å². The molecule has 2 heterocycles. The van der Waals surface area contributed by atoms with Crippen LogP contribution in [-0.2, 0) is 0 Å². The maximum absolute atomic E-state index is 5.07. The number of hydrogen-bond acceptors (Lipinski definition) is 4. The third-order valence-corrected chi connectivity index (χ3v) is 9.23. The summed E-state index contributed by atoms with van der Waals surface area (Å²) in [6.07, 6.45) is 3.70.